The Balaban J connectivity index is 2.10. The van der Waals surface area contributed by atoms with Crippen molar-refractivity contribution in [3.63, 3.8) is 0 Å². The van der Waals surface area contributed by atoms with Crippen LogP contribution >= 0.6 is 0 Å². The molecule has 2 N–H and O–H groups in total. The van der Waals surface area contributed by atoms with E-state index in [-0.39, 0.29) is 0 Å². The van der Waals surface area contributed by atoms with Crippen molar-refractivity contribution in [3.05, 3.63) is 5.69 Å². The van der Waals surface area contributed by atoms with E-state index in [4.69, 9.17) is 5.73 Å². The van der Waals surface area contributed by atoms with Gasteiger partial charge in [-0.3, -0.25) is 4.68 Å². The molecule has 0 atom stereocenters. The minimum Gasteiger partial charge on any atom is -0.394 e. The number of hydrogen-bond donors (Lipinski definition) is 1. The van der Waals surface area contributed by atoms with Crippen LogP contribution in [-0.2, 0) is 7.05 Å². The van der Waals surface area contributed by atoms with Crippen LogP contribution in [-0.4, -0.2) is 22.9 Å². The molecule has 96 valence electrons. The first-order valence-electron chi connectivity index (χ1n) is 6.54. The number of nitrogens with two attached hydrogens (primary N) is 1. The number of aromatic nitrogens is 2. The molecular weight excluding hydrogens is 212 g/mol. The van der Waals surface area contributed by atoms with Gasteiger partial charge in [0.05, 0.1) is 11.4 Å². The highest BCUT2D eigenvalue weighted by Crippen LogP contribution is 2.31. The van der Waals surface area contributed by atoms with Crippen LogP contribution in [0.25, 0.3) is 0 Å². The fraction of sp³-hybridized carbons (Fsp3) is 0.769. The van der Waals surface area contributed by atoms with Gasteiger partial charge in [-0.15, -0.1) is 0 Å². The molecule has 1 saturated heterocycles. The summed E-state index contributed by atoms with van der Waals surface area (Å²) in [6.45, 7) is 8.82. The van der Waals surface area contributed by atoms with E-state index < -0.39 is 0 Å². The van der Waals surface area contributed by atoms with Crippen molar-refractivity contribution >= 4 is 11.5 Å². The minimum atomic E-state index is 0.794. The lowest BCUT2D eigenvalue weighted by molar-refractivity contribution is 0.310. The highest BCUT2D eigenvalue weighted by Gasteiger charge is 2.25. The summed E-state index contributed by atoms with van der Waals surface area (Å²) >= 11 is 0. The van der Waals surface area contributed by atoms with Gasteiger partial charge in [0.2, 0.25) is 0 Å². The molecule has 4 nitrogen and oxygen atoms in total. The van der Waals surface area contributed by atoms with Crippen molar-refractivity contribution in [1.82, 2.24) is 9.78 Å². The average molecular weight is 236 g/mol. The number of hydrogen-bond acceptors (Lipinski definition) is 3. The maximum Gasteiger partial charge on any atom is 0.150 e. The molecule has 0 unspecified atom stereocenters. The normalized spacial score (nSPS) is 18.1. The van der Waals surface area contributed by atoms with E-state index in [0.29, 0.717) is 0 Å². The minimum absolute atomic E-state index is 0.794. The van der Waals surface area contributed by atoms with Crippen molar-refractivity contribution in [2.75, 3.05) is 23.7 Å². The average Bonchev–Trinajstić information content (AvgIpc) is 2.53. The first-order valence-corrected chi connectivity index (χ1v) is 6.54. The van der Waals surface area contributed by atoms with Crippen molar-refractivity contribution in [3.8, 4) is 0 Å². The van der Waals surface area contributed by atoms with Gasteiger partial charge in [0.1, 0.15) is 5.82 Å². The Bertz CT molecular complexity index is 386. The van der Waals surface area contributed by atoms with Gasteiger partial charge in [0.15, 0.2) is 0 Å². The maximum atomic E-state index is 6.10. The molecule has 0 radical (unpaired) electrons. The first kappa shape index (κ1) is 12.3. The van der Waals surface area contributed by atoms with Gasteiger partial charge in [-0.1, -0.05) is 13.8 Å². The zero-order chi connectivity index (χ0) is 12.6. The van der Waals surface area contributed by atoms with E-state index in [9.17, 15) is 0 Å². The van der Waals surface area contributed by atoms with Crippen molar-refractivity contribution < 1.29 is 0 Å². The zero-order valence-corrected chi connectivity index (χ0v) is 11.4. The second-order valence-electron chi connectivity index (χ2n) is 5.51. The Hall–Kier alpha value is -1.19. The Morgan fingerprint density at radius 1 is 1.29 bits per heavy atom. The largest absolute Gasteiger partial charge is 0.394 e. The number of rotatable bonds is 2. The van der Waals surface area contributed by atoms with E-state index in [2.05, 4.69) is 23.8 Å². The van der Waals surface area contributed by atoms with Gasteiger partial charge in [-0.25, -0.2) is 0 Å². The van der Waals surface area contributed by atoms with Crippen LogP contribution in [0, 0.1) is 18.8 Å². The first-order chi connectivity index (χ1) is 8.00. The predicted octanol–water partition coefficient (Wildman–Crippen LogP) is 2.18. The molecule has 17 heavy (non-hydrogen) atoms. The van der Waals surface area contributed by atoms with Gasteiger partial charge in [0.25, 0.3) is 0 Å². The number of aryl methyl sites for hydroxylation is 2. The molecular formula is C13H24N4. The van der Waals surface area contributed by atoms with E-state index in [1.54, 1.807) is 0 Å². The number of piperidine rings is 1. The Kier molecular flexibility index (Phi) is 3.31. The van der Waals surface area contributed by atoms with Crippen LogP contribution in [0.5, 0.6) is 0 Å². The van der Waals surface area contributed by atoms with E-state index in [1.165, 1.54) is 12.8 Å². The van der Waals surface area contributed by atoms with E-state index in [1.807, 2.05) is 18.7 Å². The molecule has 2 heterocycles. The predicted molar refractivity (Wildman–Crippen MR) is 72.1 cm³/mol. The molecule has 0 amide bonds. The summed E-state index contributed by atoms with van der Waals surface area (Å²) < 4.78 is 1.92. The van der Waals surface area contributed by atoms with Crippen LogP contribution in [0.15, 0.2) is 0 Å². The summed E-state index contributed by atoms with van der Waals surface area (Å²) in [5.74, 6) is 2.76. The molecule has 0 aliphatic carbocycles. The smallest absolute Gasteiger partial charge is 0.150 e. The lowest BCUT2D eigenvalue weighted by Gasteiger charge is -2.35. The molecule has 1 aliphatic rings. The Morgan fingerprint density at radius 2 is 1.88 bits per heavy atom. The van der Waals surface area contributed by atoms with Crippen molar-refractivity contribution in [2.45, 2.75) is 33.6 Å². The molecule has 4 heteroatoms. The molecule has 1 aliphatic heterocycles. The monoisotopic (exact) mass is 236 g/mol. The third-order valence-electron chi connectivity index (χ3n) is 4.02. The number of nitrogen functional groups attached to an aromatic ring is 1. The topological polar surface area (TPSA) is 47.1 Å². The fourth-order valence-corrected chi connectivity index (χ4v) is 2.82. The molecule has 1 fully saturated rings. The van der Waals surface area contributed by atoms with Crippen LogP contribution in [0.3, 0.4) is 0 Å². The Labute approximate surface area is 104 Å². The van der Waals surface area contributed by atoms with Crippen LogP contribution in [0.1, 0.15) is 32.4 Å². The molecule has 0 spiro atoms. The van der Waals surface area contributed by atoms with E-state index >= 15 is 0 Å². The fourth-order valence-electron chi connectivity index (χ4n) is 2.82. The number of nitrogens with zero attached hydrogens (tertiary/aromatic N) is 3. The summed E-state index contributed by atoms with van der Waals surface area (Å²) in [5.41, 5.74) is 7.89. The summed E-state index contributed by atoms with van der Waals surface area (Å²) in [7, 11) is 1.98. The van der Waals surface area contributed by atoms with Gasteiger partial charge in [-0.05, 0) is 31.6 Å². The molecule has 0 bridgehead atoms. The highest BCUT2D eigenvalue weighted by atomic mass is 15.4. The van der Waals surface area contributed by atoms with Crippen molar-refractivity contribution in [2.24, 2.45) is 18.9 Å². The second-order valence-corrected chi connectivity index (χ2v) is 5.51. The summed E-state index contributed by atoms with van der Waals surface area (Å²) in [4.78, 5) is 2.38. The van der Waals surface area contributed by atoms with Gasteiger partial charge >= 0.3 is 0 Å². The number of anilines is 2. The van der Waals surface area contributed by atoms with Gasteiger partial charge < -0.3 is 10.6 Å². The second kappa shape index (κ2) is 4.59. The summed E-state index contributed by atoms with van der Waals surface area (Å²) in [5, 5.41) is 4.39. The molecule has 1 aromatic rings. The van der Waals surface area contributed by atoms with Crippen LogP contribution in [0.2, 0.25) is 0 Å². The van der Waals surface area contributed by atoms with Crippen molar-refractivity contribution in [1.29, 1.82) is 0 Å². The zero-order valence-electron chi connectivity index (χ0n) is 11.4. The van der Waals surface area contributed by atoms with E-state index in [0.717, 1.165) is 42.1 Å². The molecule has 2 rings (SSSR count). The highest BCUT2D eigenvalue weighted by molar-refractivity contribution is 5.66. The summed E-state index contributed by atoms with van der Waals surface area (Å²) in [6.07, 6.45) is 2.53. The lowest BCUT2D eigenvalue weighted by Crippen LogP contribution is -2.36. The standard InChI is InChI=1S/C13H24N4/c1-9(2)11-5-7-17(8-6-11)13-12(14)10(3)15-16(13)4/h9,11H,5-8,14H2,1-4H3. The third-order valence-corrected chi connectivity index (χ3v) is 4.02. The summed E-state index contributed by atoms with van der Waals surface area (Å²) in [6, 6.07) is 0. The molecule has 0 saturated carbocycles. The quantitative estimate of drug-likeness (QED) is 0.856. The van der Waals surface area contributed by atoms with Gasteiger partial charge in [0, 0.05) is 20.1 Å². The van der Waals surface area contributed by atoms with Gasteiger partial charge in [-0.2, -0.15) is 5.10 Å². The molecule has 1 aromatic heterocycles. The third kappa shape index (κ3) is 2.26. The van der Waals surface area contributed by atoms with Crippen LogP contribution < -0.4 is 10.6 Å². The SMILES string of the molecule is Cc1nn(C)c(N2CCC(C(C)C)CC2)c1N. The Morgan fingerprint density at radius 3 is 2.29 bits per heavy atom. The molecule has 0 aromatic carbocycles. The van der Waals surface area contributed by atoms with Crippen LogP contribution in [0.4, 0.5) is 11.5 Å². The lowest BCUT2D eigenvalue weighted by atomic mass is 9.87. The maximum absolute atomic E-state index is 6.10.